The molecule has 1 aliphatic carbocycles. The molecule has 2 aliphatic heterocycles. The van der Waals surface area contributed by atoms with Crippen LogP contribution in [-0.2, 0) is 9.47 Å². The fourth-order valence-corrected chi connectivity index (χ4v) is 3.23. The van der Waals surface area contributed by atoms with Gasteiger partial charge in [-0.25, -0.2) is 9.59 Å². The Morgan fingerprint density at radius 2 is 1.28 bits per heavy atom. The number of hydrogen-bond donors (Lipinski definition) is 0. The van der Waals surface area contributed by atoms with Crippen molar-refractivity contribution in [2.45, 2.75) is 37.8 Å². The summed E-state index contributed by atoms with van der Waals surface area (Å²) < 4.78 is 10.0. The maximum atomic E-state index is 11.7. The third kappa shape index (κ3) is 1.89. The van der Waals surface area contributed by atoms with E-state index in [1.54, 1.807) is 9.80 Å². The van der Waals surface area contributed by atoms with Crippen molar-refractivity contribution in [2.24, 2.45) is 0 Å². The van der Waals surface area contributed by atoms with Crippen molar-refractivity contribution in [3.8, 4) is 0 Å². The molecule has 3 aliphatic rings. The van der Waals surface area contributed by atoms with E-state index in [-0.39, 0.29) is 24.3 Å². The van der Waals surface area contributed by atoms with Crippen LogP contribution < -0.4 is 0 Å². The van der Waals surface area contributed by atoms with E-state index in [2.05, 4.69) is 0 Å². The molecule has 0 aromatic heterocycles. The molecule has 0 bridgehead atoms. The van der Waals surface area contributed by atoms with Crippen LogP contribution in [0, 0.1) is 0 Å². The zero-order chi connectivity index (χ0) is 12.5. The predicted molar refractivity (Wildman–Crippen MR) is 62.2 cm³/mol. The summed E-state index contributed by atoms with van der Waals surface area (Å²) in [5, 5.41) is 0. The lowest BCUT2D eigenvalue weighted by Crippen LogP contribution is -2.54. The zero-order valence-electron chi connectivity index (χ0n) is 10.3. The van der Waals surface area contributed by atoms with Crippen LogP contribution >= 0.6 is 0 Å². The Morgan fingerprint density at radius 3 is 1.61 bits per heavy atom. The molecule has 0 N–H and O–H groups in total. The Balaban J connectivity index is 1.77. The minimum absolute atomic E-state index is 0.0967. The molecule has 2 heterocycles. The van der Waals surface area contributed by atoms with Crippen LogP contribution in [0.25, 0.3) is 0 Å². The van der Waals surface area contributed by atoms with Crippen LogP contribution in [0.1, 0.15) is 25.7 Å². The highest BCUT2D eigenvalue weighted by atomic mass is 16.6. The first kappa shape index (κ1) is 11.6. The summed E-state index contributed by atoms with van der Waals surface area (Å²) in [7, 11) is 0. The number of ether oxygens (including phenoxy) is 2. The van der Waals surface area contributed by atoms with Gasteiger partial charge in [0.05, 0.1) is 25.2 Å². The second kappa shape index (κ2) is 4.66. The molecule has 3 fully saturated rings. The molecule has 2 amide bonds. The fraction of sp³-hybridized carbons (Fsp3) is 0.833. The van der Waals surface area contributed by atoms with Crippen LogP contribution in [0.2, 0.25) is 0 Å². The van der Waals surface area contributed by atoms with Gasteiger partial charge in [-0.1, -0.05) is 12.8 Å². The molecule has 2 unspecified atom stereocenters. The van der Waals surface area contributed by atoms with Gasteiger partial charge in [-0.15, -0.1) is 0 Å². The van der Waals surface area contributed by atoms with Crippen molar-refractivity contribution in [2.75, 3.05) is 26.3 Å². The molecule has 0 aromatic rings. The zero-order valence-corrected chi connectivity index (χ0v) is 10.3. The Labute approximate surface area is 106 Å². The Kier molecular flexibility index (Phi) is 3.01. The lowest BCUT2D eigenvalue weighted by molar-refractivity contribution is 0.0843. The van der Waals surface area contributed by atoms with E-state index in [1.165, 1.54) is 0 Å². The molecule has 6 nitrogen and oxygen atoms in total. The monoisotopic (exact) mass is 254 g/mol. The van der Waals surface area contributed by atoms with E-state index in [4.69, 9.17) is 9.47 Å². The minimum Gasteiger partial charge on any atom is -0.448 e. The van der Waals surface area contributed by atoms with E-state index in [9.17, 15) is 9.59 Å². The first-order valence-electron chi connectivity index (χ1n) is 6.64. The molecular weight excluding hydrogens is 236 g/mol. The van der Waals surface area contributed by atoms with Gasteiger partial charge in [-0.05, 0) is 12.8 Å². The maximum Gasteiger partial charge on any atom is 0.410 e. The van der Waals surface area contributed by atoms with Crippen LogP contribution in [-0.4, -0.2) is 60.4 Å². The van der Waals surface area contributed by atoms with Gasteiger partial charge >= 0.3 is 12.2 Å². The number of hydrogen-bond acceptors (Lipinski definition) is 4. The van der Waals surface area contributed by atoms with Crippen molar-refractivity contribution >= 4 is 12.2 Å². The standard InChI is InChI=1S/C12H18N2O4/c15-11-13(5-7-17-11)9-3-1-2-4-10(9)14-6-8-18-12(14)16/h9-10H,1-8H2. The van der Waals surface area contributed by atoms with E-state index < -0.39 is 0 Å². The summed E-state index contributed by atoms with van der Waals surface area (Å²) in [6, 6.07) is 0.193. The highest BCUT2D eigenvalue weighted by Gasteiger charge is 2.42. The molecule has 0 radical (unpaired) electrons. The summed E-state index contributed by atoms with van der Waals surface area (Å²) in [4.78, 5) is 26.9. The Hall–Kier alpha value is -1.46. The third-order valence-electron chi connectivity index (χ3n) is 4.08. The molecule has 18 heavy (non-hydrogen) atoms. The van der Waals surface area contributed by atoms with Gasteiger partial charge in [0.2, 0.25) is 0 Å². The quantitative estimate of drug-likeness (QED) is 0.743. The first-order chi connectivity index (χ1) is 8.77. The second-order valence-electron chi connectivity index (χ2n) is 5.03. The van der Waals surface area contributed by atoms with Gasteiger partial charge in [-0.3, -0.25) is 9.80 Å². The molecule has 1 saturated carbocycles. The summed E-state index contributed by atoms with van der Waals surface area (Å²) in [5.41, 5.74) is 0. The van der Waals surface area contributed by atoms with E-state index >= 15 is 0 Å². The molecule has 0 spiro atoms. The van der Waals surface area contributed by atoms with Crippen molar-refractivity contribution in [1.29, 1.82) is 0 Å². The normalized spacial score (nSPS) is 32.7. The highest BCUT2D eigenvalue weighted by Crippen LogP contribution is 2.30. The third-order valence-corrected chi connectivity index (χ3v) is 4.08. The molecule has 3 rings (SSSR count). The molecule has 0 aromatic carbocycles. The lowest BCUT2D eigenvalue weighted by Gasteiger charge is -2.40. The summed E-state index contributed by atoms with van der Waals surface area (Å²) >= 11 is 0. The van der Waals surface area contributed by atoms with Crippen LogP contribution in [0.5, 0.6) is 0 Å². The van der Waals surface area contributed by atoms with Crippen LogP contribution in [0.3, 0.4) is 0 Å². The number of carbonyl (C=O) groups is 2. The number of nitrogens with zero attached hydrogens (tertiary/aromatic N) is 2. The van der Waals surface area contributed by atoms with Gasteiger partial charge in [0.15, 0.2) is 0 Å². The molecular formula is C12H18N2O4. The van der Waals surface area contributed by atoms with E-state index in [1.807, 2.05) is 0 Å². The molecule has 2 saturated heterocycles. The SMILES string of the molecule is O=C1OCCN1C1CCCCC1N1CCOC1=O. The number of amides is 2. The maximum absolute atomic E-state index is 11.7. The first-order valence-corrected chi connectivity index (χ1v) is 6.64. The molecule has 6 heteroatoms. The largest absolute Gasteiger partial charge is 0.448 e. The average Bonchev–Trinajstić information content (AvgIpc) is 2.98. The van der Waals surface area contributed by atoms with Crippen LogP contribution in [0.15, 0.2) is 0 Å². The molecule has 100 valence electrons. The van der Waals surface area contributed by atoms with Gasteiger partial charge in [0.1, 0.15) is 13.2 Å². The number of rotatable bonds is 2. The van der Waals surface area contributed by atoms with Gasteiger partial charge in [-0.2, -0.15) is 0 Å². The van der Waals surface area contributed by atoms with Gasteiger partial charge in [0, 0.05) is 0 Å². The predicted octanol–water partition coefficient (Wildman–Crippen LogP) is 1.20. The fourth-order valence-electron chi connectivity index (χ4n) is 3.23. The Morgan fingerprint density at radius 1 is 0.833 bits per heavy atom. The van der Waals surface area contributed by atoms with Gasteiger partial charge < -0.3 is 9.47 Å². The van der Waals surface area contributed by atoms with Crippen molar-refractivity contribution in [3.05, 3.63) is 0 Å². The van der Waals surface area contributed by atoms with Crippen molar-refractivity contribution < 1.29 is 19.1 Å². The summed E-state index contributed by atoms with van der Waals surface area (Å²) in [6.07, 6.45) is 3.63. The van der Waals surface area contributed by atoms with Crippen LogP contribution in [0.4, 0.5) is 9.59 Å². The number of cyclic esters (lactones) is 2. The summed E-state index contributed by atoms with van der Waals surface area (Å²) in [6.45, 7) is 2.21. The minimum atomic E-state index is -0.237. The number of carbonyl (C=O) groups excluding carboxylic acids is 2. The average molecular weight is 254 g/mol. The lowest BCUT2D eigenvalue weighted by atomic mass is 9.88. The topological polar surface area (TPSA) is 59.1 Å². The van der Waals surface area contributed by atoms with Gasteiger partial charge in [0.25, 0.3) is 0 Å². The van der Waals surface area contributed by atoms with Crippen molar-refractivity contribution in [1.82, 2.24) is 9.80 Å². The highest BCUT2D eigenvalue weighted by molar-refractivity contribution is 5.71. The Bertz CT molecular complexity index is 326. The molecule has 2 atom stereocenters. The van der Waals surface area contributed by atoms with E-state index in [0.29, 0.717) is 26.3 Å². The van der Waals surface area contributed by atoms with Crippen molar-refractivity contribution in [3.63, 3.8) is 0 Å². The second-order valence-corrected chi connectivity index (χ2v) is 5.03. The van der Waals surface area contributed by atoms with E-state index in [0.717, 1.165) is 25.7 Å². The summed E-state index contributed by atoms with van der Waals surface area (Å²) in [5.74, 6) is 0. The smallest absolute Gasteiger partial charge is 0.410 e.